The number of hydrogen-bond donors (Lipinski definition) is 2. The van der Waals surface area contributed by atoms with Gasteiger partial charge in [0.25, 0.3) is 11.6 Å². The highest BCUT2D eigenvalue weighted by Crippen LogP contribution is 2.23. The van der Waals surface area contributed by atoms with E-state index < -0.39 is 10.8 Å². The van der Waals surface area contributed by atoms with Crippen molar-refractivity contribution in [1.29, 1.82) is 0 Å². The molecular formula is C12H12N4O4. The fraction of sp³-hybridized carbons (Fsp3) is 0.167. The second kappa shape index (κ2) is 5.39. The van der Waals surface area contributed by atoms with E-state index in [1.165, 1.54) is 0 Å². The molecule has 1 aromatic carbocycles. The number of nitro groups is 1. The average molecular weight is 276 g/mol. The van der Waals surface area contributed by atoms with Crippen molar-refractivity contribution in [2.45, 2.75) is 6.54 Å². The zero-order valence-electron chi connectivity index (χ0n) is 10.6. The van der Waals surface area contributed by atoms with Gasteiger partial charge in [0, 0.05) is 25.5 Å². The van der Waals surface area contributed by atoms with Crippen molar-refractivity contribution in [2.24, 2.45) is 7.05 Å². The summed E-state index contributed by atoms with van der Waals surface area (Å²) < 4.78 is 1.72. The molecule has 0 aliphatic rings. The zero-order chi connectivity index (χ0) is 14.7. The number of carbonyl (C=O) groups is 1. The van der Waals surface area contributed by atoms with Crippen LogP contribution < -0.4 is 5.32 Å². The van der Waals surface area contributed by atoms with Gasteiger partial charge < -0.3 is 15.0 Å². The minimum atomic E-state index is -0.672. The maximum atomic E-state index is 12.0. The Kier molecular flexibility index (Phi) is 3.65. The lowest BCUT2D eigenvalue weighted by molar-refractivity contribution is -0.385. The third-order valence-electron chi connectivity index (χ3n) is 2.75. The van der Waals surface area contributed by atoms with Gasteiger partial charge in [0.1, 0.15) is 17.1 Å². The number of nitrogens with zero attached hydrogens (tertiary/aromatic N) is 3. The molecule has 0 atom stereocenters. The molecule has 0 aliphatic heterocycles. The summed E-state index contributed by atoms with van der Waals surface area (Å²) in [6.07, 6.45) is 3.30. The lowest BCUT2D eigenvalue weighted by atomic mass is 10.1. The molecule has 8 nitrogen and oxygen atoms in total. The Morgan fingerprint density at radius 3 is 2.90 bits per heavy atom. The number of imidazole rings is 1. The summed E-state index contributed by atoms with van der Waals surface area (Å²) in [4.78, 5) is 26.2. The first kappa shape index (κ1) is 13.5. The van der Waals surface area contributed by atoms with Crippen LogP contribution in [0.5, 0.6) is 5.75 Å². The van der Waals surface area contributed by atoms with E-state index in [0.717, 1.165) is 18.2 Å². The van der Waals surface area contributed by atoms with E-state index >= 15 is 0 Å². The zero-order valence-corrected chi connectivity index (χ0v) is 10.6. The molecular weight excluding hydrogens is 264 g/mol. The molecule has 1 heterocycles. The predicted molar refractivity (Wildman–Crippen MR) is 69.1 cm³/mol. The van der Waals surface area contributed by atoms with Gasteiger partial charge in [0.2, 0.25) is 0 Å². The summed E-state index contributed by atoms with van der Waals surface area (Å²) in [5.74, 6) is -0.241. The van der Waals surface area contributed by atoms with Crippen molar-refractivity contribution in [1.82, 2.24) is 14.9 Å². The van der Waals surface area contributed by atoms with E-state index in [4.69, 9.17) is 0 Å². The first-order valence-electron chi connectivity index (χ1n) is 5.71. The molecule has 8 heteroatoms. The SMILES string of the molecule is Cn1ccnc1CNC(=O)c1cc(O)ccc1[N+](=O)[O-]. The number of hydrogen-bond acceptors (Lipinski definition) is 5. The maximum absolute atomic E-state index is 12.0. The van der Waals surface area contributed by atoms with Gasteiger partial charge in [-0.25, -0.2) is 4.98 Å². The molecule has 0 bridgehead atoms. The number of phenolic OH excluding ortho intramolecular Hbond substituents is 1. The van der Waals surface area contributed by atoms with Gasteiger partial charge >= 0.3 is 0 Å². The predicted octanol–water partition coefficient (Wildman–Crippen LogP) is 0.964. The van der Waals surface area contributed by atoms with Crippen LogP contribution in [-0.2, 0) is 13.6 Å². The van der Waals surface area contributed by atoms with Crippen LogP contribution in [0.15, 0.2) is 30.6 Å². The van der Waals surface area contributed by atoms with Crippen LogP contribution in [0.3, 0.4) is 0 Å². The molecule has 0 unspecified atom stereocenters. The fourth-order valence-electron chi connectivity index (χ4n) is 1.69. The van der Waals surface area contributed by atoms with Crippen LogP contribution in [0.4, 0.5) is 5.69 Å². The molecule has 0 aliphatic carbocycles. The van der Waals surface area contributed by atoms with Crippen molar-refractivity contribution in [3.63, 3.8) is 0 Å². The van der Waals surface area contributed by atoms with Gasteiger partial charge in [-0.1, -0.05) is 0 Å². The smallest absolute Gasteiger partial charge is 0.282 e. The minimum Gasteiger partial charge on any atom is -0.508 e. The number of nitro benzene ring substituents is 1. The number of benzene rings is 1. The molecule has 0 spiro atoms. The molecule has 2 aromatic rings. The normalized spacial score (nSPS) is 10.2. The Hall–Kier alpha value is -2.90. The van der Waals surface area contributed by atoms with Gasteiger partial charge in [0.05, 0.1) is 11.5 Å². The second-order valence-corrected chi connectivity index (χ2v) is 4.10. The van der Waals surface area contributed by atoms with E-state index in [-0.39, 0.29) is 23.5 Å². The monoisotopic (exact) mass is 276 g/mol. The van der Waals surface area contributed by atoms with Crippen LogP contribution in [0.2, 0.25) is 0 Å². The summed E-state index contributed by atoms with van der Waals surface area (Å²) in [6, 6.07) is 3.31. The summed E-state index contributed by atoms with van der Waals surface area (Å²) in [7, 11) is 1.77. The van der Waals surface area contributed by atoms with E-state index in [1.807, 2.05) is 0 Å². The molecule has 2 N–H and O–H groups in total. The molecule has 0 fully saturated rings. The summed E-state index contributed by atoms with van der Waals surface area (Å²) in [5, 5.41) is 22.7. The number of amides is 1. The Bertz CT molecular complexity index is 665. The highest BCUT2D eigenvalue weighted by atomic mass is 16.6. The Morgan fingerprint density at radius 1 is 1.55 bits per heavy atom. The standard InChI is InChI=1S/C12H12N4O4/c1-15-5-4-13-11(15)7-14-12(18)9-6-8(17)2-3-10(9)16(19)20/h2-6,17H,7H2,1H3,(H,14,18). The Labute approximate surface area is 113 Å². The van der Waals surface area contributed by atoms with Gasteiger partial charge in [-0.2, -0.15) is 0 Å². The number of aromatic hydroxyl groups is 1. The lowest BCUT2D eigenvalue weighted by Crippen LogP contribution is -2.25. The van der Waals surface area contributed by atoms with Crippen molar-refractivity contribution in [3.8, 4) is 5.75 Å². The van der Waals surface area contributed by atoms with Gasteiger partial charge in [-0.15, -0.1) is 0 Å². The summed E-state index contributed by atoms with van der Waals surface area (Å²) in [5.41, 5.74) is -0.552. The highest BCUT2D eigenvalue weighted by molar-refractivity contribution is 5.98. The van der Waals surface area contributed by atoms with Crippen molar-refractivity contribution >= 4 is 11.6 Å². The Balaban J connectivity index is 2.19. The number of aryl methyl sites for hydroxylation is 1. The number of aromatic nitrogens is 2. The van der Waals surface area contributed by atoms with Crippen LogP contribution >= 0.6 is 0 Å². The van der Waals surface area contributed by atoms with Crippen LogP contribution in [0, 0.1) is 10.1 Å². The van der Waals surface area contributed by atoms with Crippen molar-refractivity contribution in [2.75, 3.05) is 0 Å². The van der Waals surface area contributed by atoms with Crippen LogP contribution in [-0.4, -0.2) is 25.5 Å². The first-order valence-corrected chi connectivity index (χ1v) is 5.71. The third-order valence-corrected chi connectivity index (χ3v) is 2.75. The van der Waals surface area contributed by atoms with Crippen LogP contribution in [0.25, 0.3) is 0 Å². The lowest BCUT2D eigenvalue weighted by Gasteiger charge is -2.06. The number of phenols is 1. The minimum absolute atomic E-state index is 0.134. The number of nitrogens with one attached hydrogen (secondary N) is 1. The number of rotatable bonds is 4. The molecule has 0 saturated heterocycles. The number of carbonyl (C=O) groups excluding carboxylic acids is 1. The topological polar surface area (TPSA) is 110 Å². The molecule has 0 radical (unpaired) electrons. The fourth-order valence-corrected chi connectivity index (χ4v) is 1.69. The van der Waals surface area contributed by atoms with Gasteiger partial charge in [-0.3, -0.25) is 14.9 Å². The van der Waals surface area contributed by atoms with Crippen molar-refractivity contribution < 1.29 is 14.8 Å². The molecule has 0 saturated carbocycles. The first-order chi connectivity index (χ1) is 9.49. The van der Waals surface area contributed by atoms with Crippen LogP contribution in [0.1, 0.15) is 16.2 Å². The highest BCUT2D eigenvalue weighted by Gasteiger charge is 2.20. The molecule has 1 amide bonds. The average Bonchev–Trinajstić information content (AvgIpc) is 2.81. The molecule has 20 heavy (non-hydrogen) atoms. The van der Waals surface area contributed by atoms with E-state index in [9.17, 15) is 20.0 Å². The van der Waals surface area contributed by atoms with Crippen molar-refractivity contribution in [3.05, 3.63) is 52.1 Å². The van der Waals surface area contributed by atoms with Gasteiger partial charge in [0.15, 0.2) is 0 Å². The Morgan fingerprint density at radius 2 is 2.30 bits per heavy atom. The summed E-state index contributed by atoms with van der Waals surface area (Å²) >= 11 is 0. The van der Waals surface area contributed by atoms with Gasteiger partial charge in [-0.05, 0) is 12.1 Å². The van der Waals surface area contributed by atoms with E-state index in [1.54, 1.807) is 24.0 Å². The van der Waals surface area contributed by atoms with E-state index in [2.05, 4.69) is 10.3 Å². The molecule has 2 rings (SSSR count). The summed E-state index contributed by atoms with van der Waals surface area (Å²) in [6.45, 7) is 0.134. The molecule has 1 aromatic heterocycles. The second-order valence-electron chi connectivity index (χ2n) is 4.10. The quantitative estimate of drug-likeness (QED) is 0.638. The largest absolute Gasteiger partial charge is 0.508 e. The molecule has 104 valence electrons. The van der Waals surface area contributed by atoms with E-state index in [0.29, 0.717) is 5.82 Å². The third kappa shape index (κ3) is 2.74. The maximum Gasteiger partial charge on any atom is 0.282 e.